The maximum atomic E-state index is 11.9. The number of nitrogens with zero attached hydrogens (tertiary/aromatic N) is 2. The molecule has 0 aromatic heterocycles. The van der Waals surface area contributed by atoms with Crippen LogP contribution in [0.5, 0.6) is 0 Å². The Balaban J connectivity index is 3.53. The molecule has 0 saturated carbocycles. The molecule has 0 heterocycles. The summed E-state index contributed by atoms with van der Waals surface area (Å²) < 4.78 is 5.21. The Hall–Kier alpha value is -1.66. The molecule has 170 valence electrons. The van der Waals surface area contributed by atoms with Crippen molar-refractivity contribution >= 4 is 11.7 Å². The van der Waals surface area contributed by atoms with Gasteiger partial charge in [-0.2, -0.15) is 0 Å². The third-order valence-electron chi connectivity index (χ3n) is 5.09. The maximum absolute atomic E-state index is 11.9. The third-order valence-corrected chi connectivity index (χ3v) is 5.09. The average Bonchev–Trinajstić information content (AvgIpc) is 2.70. The smallest absolute Gasteiger partial charge is 0.356 e. The normalized spacial score (nSPS) is 11.6. The quantitative estimate of drug-likeness (QED) is 0.0594. The summed E-state index contributed by atoms with van der Waals surface area (Å²) in [5.41, 5.74) is 0.0884. The lowest BCUT2D eigenvalue weighted by molar-refractivity contribution is -0.480. The van der Waals surface area contributed by atoms with Gasteiger partial charge in [-0.05, 0) is 19.3 Å². The molecule has 0 spiro atoms. The standard InChI is InChI=1S/C22H42N2O5/c1-2-3-4-5-6-7-8-11-14-17-20-29-22(25)21(23-26)18-15-12-9-10-13-16-19-24(27)28/h26H,2-20H2,1H3. The molecule has 7 heteroatoms. The summed E-state index contributed by atoms with van der Waals surface area (Å²) >= 11 is 0. The van der Waals surface area contributed by atoms with Crippen molar-refractivity contribution in [2.45, 2.75) is 116 Å². The largest absolute Gasteiger partial charge is 0.461 e. The third kappa shape index (κ3) is 19.4. The Bertz CT molecular complexity index is 441. The van der Waals surface area contributed by atoms with Gasteiger partial charge in [-0.15, -0.1) is 0 Å². The average molecular weight is 415 g/mol. The van der Waals surface area contributed by atoms with Gasteiger partial charge in [0.2, 0.25) is 6.54 Å². The highest BCUT2D eigenvalue weighted by Gasteiger charge is 2.13. The molecule has 29 heavy (non-hydrogen) atoms. The van der Waals surface area contributed by atoms with Crippen LogP contribution < -0.4 is 0 Å². The van der Waals surface area contributed by atoms with Crippen LogP contribution in [0.3, 0.4) is 0 Å². The van der Waals surface area contributed by atoms with Gasteiger partial charge in [-0.25, -0.2) is 4.79 Å². The molecule has 1 N–H and O–H groups in total. The first-order chi connectivity index (χ1) is 14.1. The van der Waals surface area contributed by atoms with E-state index in [0.29, 0.717) is 19.4 Å². The molecule has 0 aromatic rings. The lowest BCUT2D eigenvalue weighted by Crippen LogP contribution is -2.18. The van der Waals surface area contributed by atoms with Gasteiger partial charge in [0.15, 0.2) is 5.71 Å². The van der Waals surface area contributed by atoms with Crippen molar-refractivity contribution in [1.82, 2.24) is 0 Å². The highest BCUT2D eigenvalue weighted by molar-refractivity contribution is 6.36. The lowest BCUT2D eigenvalue weighted by atomic mass is 10.1. The molecule has 0 aromatic carbocycles. The Morgan fingerprint density at radius 2 is 1.31 bits per heavy atom. The predicted octanol–water partition coefficient (Wildman–Crippen LogP) is 6.29. The van der Waals surface area contributed by atoms with Crippen LogP contribution in [-0.2, 0) is 9.53 Å². The fourth-order valence-corrected chi connectivity index (χ4v) is 3.27. The van der Waals surface area contributed by atoms with E-state index in [-0.39, 0.29) is 17.2 Å². The van der Waals surface area contributed by atoms with Crippen LogP contribution in [0.2, 0.25) is 0 Å². The van der Waals surface area contributed by atoms with Crippen LogP contribution in [0, 0.1) is 10.1 Å². The summed E-state index contributed by atoms with van der Waals surface area (Å²) in [6, 6.07) is 0. The maximum Gasteiger partial charge on any atom is 0.356 e. The van der Waals surface area contributed by atoms with Crippen molar-refractivity contribution in [2.75, 3.05) is 13.2 Å². The van der Waals surface area contributed by atoms with Gasteiger partial charge in [-0.3, -0.25) is 10.1 Å². The van der Waals surface area contributed by atoms with E-state index < -0.39 is 5.97 Å². The number of nitro groups is 1. The van der Waals surface area contributed by atoms with Crippen LogP contribution in [0.15, 0.2) is 5.16 Å². The first-order valence-corrected chi connectivity index (χ1v) is 11.6. The molecule has 0 saturated heterocycles. The Labute approximate surface area is 176 Å². The number of carbonyl (C=O) groups excluding carboxylic acids is 1. The van der Waals surface area contributed by atoms with Gasteiger partial charge in [-0.1, -0.05) is 89.1 Å². The minimum Gasteiger partial charge on any atom is -0.461 e. The first-order valence-electron chi connectivity index (χ1n) is 11.6. The zero-order valence-electron chi connectivity index (χ0n) is 18.4. The summed E-state index contributed by atoms with van der Waals surface area (Å²) in [6.07, 6.45) is 17.7. The highest BCUT2D eigenvalue weighted by Crippen LogP contribution is 2.11. The molecule has 0 aliphatic carbocycles. The Morgan fingerprint density at radius 1 is 0.828 bits per heavy atom. The zero-order chi connectivity index (χ0) is 21.6. The monoisotopic (exact) mass is 414 g/mol. The zero-order valence-corrected chi connectivity index (χ0v) is 18.4. The number of hydrogen-bond donors (Lipinski definition) is 1. The SMILES string of the molecule is CCCCCCCCCCCCOC(=O)C(CCCCCCCC[N+](=O)[O-])=NO. The van der Waals surface area contributed by atoms with Gasteiger partial charge < -0.3 is 9.94 Å². The van der Waals surface area contributed by atoms with E-state index in [2.05, 4.69) is 12.1 Å². The van der Waals surface area contributed by atoms with Gasteiger partial charge in [0.1, 0.15) is 0 Å². The van der Waals surface area contributed by atoms with Crippen LogP contribution in [0.4, 0.5) is 0 Å². The Morgan fingerprint density at radius 3 is 1.83 bits per heavy atom. The van der Waals surface area contributed by atoms with Gasteiger partial charge >= 0.3 is 5.97 Å². The second kappa shape index (κ2) is 21.1. The molecule has 0 atom stereocenters. The van der Waals surface area contributed by atoms with E-state index in [4.69, 9.17) is 9.94 Å². The Kier molecular flexibility index (Phi) is 19.9. The van der Waals surface area contributed by atoms with E-state index in [1.807, 2.05) is 0 Å². The molecule has 0 amide bonds. The summed E-state index contributed by atoms with van der Waals surface area (Å²) in [7, 11) is 0. The lowest BCUT2D eigenvalue weighted by Gasteiger charge is -2.06. The molecule has 0 rings (SSSR count). The van der Waals surface area contributed by atoms with E-state index in [1.165, 1.54) is 51.4 Å². The molecule has 7 nitrogen and oxygen atoms in total. The number of carbonyl (C=O) groups is 1. The number of hydrogen-bond acceptors (Lipinski definition) is 6. The number of rotatable bonds is 21. The van der Waals surface area contributed by atoms with Gasteiger partial charge in [0, 0.05) is 17.8 Å². The van der Waals surface area contributed by atoms with E-state index >= 15 is 0 Å². The van der Waals surface area contributed by atoms with Gasteiger partial charge in [0.05, 0.1) is 6.61 Å². The fourth-order valence-electron chi connectivity index (χ4n) is 3.27. The van der Waals surface area contributed by atoms with Crippen LogP contribution >= 0.6 is 0 Å². The summed E-state index contributed by atoms with van der Waals surface area (Å²) in [5.74, 6) is -0.519. The second-order valence-corrected chi connectivity index (χ2v) is 7.79. The number of esters is 1. The van der Waals surface area contributed by atoms with E-state index in [0.717, 1.165) is 44.9 Å². The first kappa shape index (κ1) is 27.3. The molecule has 0 aliphatic rings. The summed E-state index contributed by atoms with van der Waals surface area (Å²) in [5, 5.41) is 22.3. The van der Waals surface area contributed by atoms with Crippen LogP contribution in [0.25, 0.3) is 0 Å². The minimum atomic E-state index is -0.519. The predicted molar refractivity (Wildman–Crippen MR) is 116 cm³/mol. The molecule has 0 fully saturated rings. The van der Waals surface area contributed by atoms with Crippen molar-refractivity contribution in [3.63, 3.8) is 0 Å². The molecular weight excluding hydrogens is 372 g/mol. The van der Waals surface area contributed by atoms with Crippen molar-refractivity contribution in [2.24, 2.45) is 5.16 Å². The van der Waals surface area contributed by atoms with Crippen LogP contribution in [-0.4, -0.2) is 35.0 Å². The number of oxime groups is 1. The molecule has 0 unspecified atom stereocenters. The molecular formula is C22H42N2O5. The van der Waals surface area contributed by atoms with Crippen molar-refractivity contribution in [3.05, 3.63) is 10.1 Å². The summed E-state index contributed by atoms with van der Waals surface area (Å²) in [4.78, 5) is 21.9. The summed E-state index contributed by atoms with van der Waals surface area (Å²) in [6.45, 7) is 2.65. The van der Waals surface area contributed by atoms with Crippen molar-refractivity contribution in [3.8, 4) is 0 Å². The topological polar surface area (TPSA) is 102 Å². The van der Waals surface area contributed by atoms with Crippen molar-refractivity contribution in [1.29, 1.82) is 0 Å². The second-order valence-electron chi connectivity index (χ2n) is 7.79. The molecule has 0 aliphatic heterocycles. The van der Waals surface area contributed by atoms with E-state index in [1.54, 1.807) is 0 Å². The van der Waals surface area contributed by atoms with Gasteiger partial charge in [0.25, 0.3) is 0 Å². The molecule has 0 bridgehead atoms. The van der Waals surface area contributed by atoms with E-state index in [9.17, 15) is 14.9 Å². The van der Waals surface area contributed by atoms with Crippen LogP contribution in [0.1, 0.15) is 116 Å². The number of unbranched alkanes of at least 4 members (excludes halogenated alkanes) is 14. The fraction of sp³-hybridized carbons (Fsp3) is 0.909. The number of ether oxygens (including phenoxy) is 1. The molecule has 0 radical (unpaired) electrons. The highest BCUT2D eigenvalue weighted by atomic mass is 16.6. The minimum absolute atomic E-state index is 0.0339. The van der Waals surface area contributed by atoms with Crippen molar-refractivity contribution < 1.29 is 19.7 Å².